The van der Waals surface area contributed by atoms with Crippen molar-refractivity contribution in [1.82, 2.24) is 4.98 Å². The topological polar surface area (TPSA) is 39.4 Å². The van der Waals surface area contributed by atoms with Crippen LogP contribution in [0, 0.1) is 41.5 Å². The molecule has 4 heteroatoms. The molecule has 0 amide bonds. The van der Waals surface area contributed by atoms with E-state index in [1.165, 1.54) is 27.8 Å². The van der Waals surface area contributed by atoms with Gasteiger partial charge in [0.1, 0.15) is 0 Å². The van der Waals surface area contributed by atoms with Crippen LogP contribution >= 0.6 is 0 Å². The van der Waals surface area contributed by atoms with E-state index >= 15 is 0 Å². The van der Waals surface area contributed by atoms with E-state index in [0.717, 1.165) is 28.5 Å². The van der Waals surface area contributed by atoms with Crippen molar-refractivity contribution in [2.24, 2.45) is 4.99 Å². The van der Waals surface area contributed by atoms with Crippen molar-refractivity contribution >= 4 is 17.1 Å². The van der Waals surface area contributed by atoms with Crippen molar-refractivity contribution in [3.8, 4) is 0 Å². The van der Waals surface area contributed by atoms with Crippen LogP contribution in [0.25, 0.3) is 5.32 Å². The first-order valence-electron chi connectivity index (χ1n) is 10.6. The third kappa shape index (κ3) is 8.45. The summed E-state index contributed by atoms with van der Waals surface area (Å²) < 4.78 is 0. The molecular weight excluding hydrogens is 442 g/mol. The summed E-state index contributed by atoms with van der Waals surface area (Å²) >= 11 is 0. The fourth-order valence-electron chi connectivity index (χ4n) is 3.37. The molecule has 0 bridgehead atoms. The Hall–Kier alpha value is -2.68. The standard InChI is InChI=1S/C21H25N2.C7H9N.Cu/c1-14-9-7-10-15(2)20(14)22-18(5)13-19(6)23-21-16(3)11-8-12-17(21)4;1-6-3-4-8-7(2)5-6;/h7-13H,1-6H3;3-5H,1-2H3;/q-1;;+1/b18-13-,23-19?;;. The van der Waals surface area contributed by atoms with E-state index < -0.39 is 0 Å². The number of aliphatic imine (C=N–C) groups is 1. The van der Waals surface area contributed by atoms with Gasteiger partial charge in [-0.15, -0.1) is 5.69 Å². The molecule has 0 aliphatic carbocycles. The van der Waals surface area contributed by atoms with Gasteiger partial charge in [0.05, 0.1) is 5.69 Å². The van der Waals surface area contributed by atoms with Gasteiger partial charge in [-0.1, -0.05) is 60.5 Å². The summed E-state index contributed by atoms with van der Waals surface area (Å²) in [5.41, 5.74) is 11.2. The second-order valence-corrected chi connectivity index (χ2v) is 8.11. The van der Waals surface area contributed by atoms with E-state index in [1.54, 1.807) is 0 Å². The van der Waals surface area contributed by atoms with Crippen molar-refractivity contribution in [1.29, 1.82) is 0 Å². The van der Waals surface area contributed by atoms with E-state index in [-0.39, 0.29) is 17.1 Å². The Kier molecular flexibility index (Phi) is 11.1. The molecule has 0 N–H and O–H groups in total. The fraction of sp³-hybridized carbons (Fsp3) is 0.286. The molecule has 172 valence electrons. The van der Waals surface area contributed by atoms with Gasteiger partial charge in [0, 0.05) is 17.6 Å². The van der Waals surface area contributed by atoms with Crippen LogP contribution in [0.2, 0.25) is 0 Å². The van der Waals surface area contributed by atoms with Crippen LogP contribution in [-0.2, 0) is 17.1 Å². The Morgan fingerprint density at radius 3 is 1.81 bits per heavy atom. The molecule has 3 rings (SSSR count). The van der Waals surface area contributed by atoms with Gasteiger partial charge in [-0.25, -0.2) is 0 Å². The molecular formula is C28H34CuN3. The third-order valence-corrected chi connectivity index (χ3v) is 4.93. The fourth-order valence-corrected chi connectivity index (χ4v) is 3.37. The number of benzene rings is 2. The zero-order chi connectivity index (χ0) is 23.0. The molecule has 2 aromatic carbocycles. The Bertz CT molecular complexity index is 1040. The smallest absolute Gasteiger partial charge is 0.661 e. The summed E-state index contributed by atoms with van der Waals surface area (Å²) in [6.45, 7) is 16.5. The first kappa shape index (κ1) is 27.4. The summed E-state index contributed by atoms with van der Waals surface area (Å²) in [4.78, 5) is 8.80. The van der Waals surface area contributed by atoms with Crippen LogP contribution in [0.1, 0.15) is 47.4 Å². The molecule has 32 heavy (non-hydrogen) atoms. The molecule has 0 aliphatic heterocycles. The monoisotopic (exact) mass is 475 g/mol. The van der Waals surface area contributed by atoms with Gasteiger partial charge in [0.2, 0.25) is 0 Å². The predicted molar refractivity (Wildman–Crippen MR) is 135 cm³/mol. The molecule has 3 aromatic rings. The van der Waals surface area contributed by atoms with Crippen LogP contribution in [0.3, 0.4) is 0 Å². The second kappa shape index (κ2) is 13.0. The molecule has 0 saturated carbocycles. The van der Waals surface area contributed by atoms with Crippen LogP contribution in [0.4, 0.5) is 11.4 Å². The normalized spacial score (nSPS) is 11.2. The minimum atomic E-state index is 0. The molecule has 0 atom stereocenters. The first-order valence-corrected chi connectivity index (χ1v) is 10.6. The molecule has 1 aromatic heterocycles. The average Bonchev–Trinajstić information content (AvgIpc) is 2.68. The molecule has 0 aliphatic rings. The average molecular weight is 476 g/mol. The molecule has 0 radical (unpaired) electrons. The van der Waals surface area contributed by atoms with Crippen LogP contribution < -0.4 is 0 Å². The van der Waals surface area contributed by atoms with Gasteiger partial charge in [-0.3, -0.25) is 9.98 Å². The van der Waals surface area contributed by atoms with E-state index in [9.17, 15) is 0 Å². The largest absolute Gasteiger partial charge is 1.00 e. The van der Waals surface area contributed by atoms with E-state index in [2.05, 4.69) is 82.1 Å². The van der Waals surface area contributed by atoms with Crippen molar-refractivity contribution in [3.63, 3.8) is 0 Å². The number of hydrogen-bond acceptors (Lipinski definition) is 2. The number of rotatable bonds is 4. The Labute approximate surface area is 204 Å². The predicted octanol–water partition coefficient (Wildman–Crippen LogP) is 8.32. The Balaban J connectivity index is 0.000000480. The van der Waals surface area contributed by atoms with Crippen molar-refractivity contribution in [2.45, 2.75) is 55.4 Å². The van der Waals surface area contributed by atoms with E-state index in [1.807, 2.05) is 39.1 Å². The first-order chi connectivity index (χ1) is 14.7. The number of aryl methyl sites for hydroxylation is 6. The zero-order valence-corrected chi connectivity index (χ0v) is 21.4. The second-order valence-electron chi connectivity index (χ2n) is 8.11. The third-order valence-electron chi connectivity index (χ3n) is 4.93. The number of pyridine rings is 1. The summed E-state index contributed by atoms with van der Waals surface area (Å²) in [5, 5.41) is 4.76. The van der Waals surface area contributed by atoms with E-state index in [4.69, 9.17) is 10.3 Å². The molecule has 0 fully saturated rings. The Morgan fingerprint density at radius 1 is 0.812 bits per heavy atom. The van der Waals surface area contributed by atoms with Crippen molar-refractivity contribution < 1.29 is 17.1 Å². The maximum absolute atomic E-state index is 4.76. The summed E-state index contributed by atoms with van der Waals surface area (Å²) in [7, 11) is 0. The summed E-state index contributed by atoms with van der Waals surface area (Å²) in [5.74, 6) is 0. The van der Waals surface area contributed by atoms with Gasteiger partial charge in [-0.2, -0.15) is 5.70 Å². The van der Waals surface area contributed by atoms with E-state index in [0.29, 0.717) is 0 Å². The number of para-hydroxylation sites is 2. The SMILES string of the molecule is CC(/C=C(/C)[N-]c1c(C)cccc1C)=Nc1c(C)cccc1C.Cc1ccnc(C)c1.[Cu+]. The maximum atomic E-state index is 4.76. The van der Waals surface area contributed by atoms with Crippen LogP contribution in [0.15, 0.2) is 71.5 Å². The molecule has 0 spiro atoms. The molecule has 0 unspecified atom stereocenters. The minimum Gasteiger partial charge on any atom is -0.661 e. The molecule has 1 heterocycles. The molecule has 3 nitrogen and oxygen atoms in total. The summed E-state index contributed by atoms with van der Waals surface area (Å²) in [6, 6.07) is 16.6. The van der Waals surface area contributed by atoms with Crippen LogP contribution in [-0.4, -0.2) is 10.7 Å². The van der Waals surface area contributed by atoms with Crippen LogP contribution in [0.5, 0.6) is 0 Å². The van der Waals surface area contributed by atoms with Gasteiger partial charge in [-0.05, 0) is 77.3 Å². The number of hydrogen-bond donors (Lipinski definition) is 0. The maximum Gasteiger partial charge on any atom is 1.00 e. The van der Waals surface area contributed by atoms with Crippen molar-refractivity contribution in [2.75, 3.05) is 0 Å². The van der Waals surface area contributed by atoms with Gasteiger partial charge in [0.15, 0.2) is 0 Å². The number of nitrogens with zero attached hydrogens (tertiary/aromatic N) is 3. The van der Waals surface area contributed by atoms with Gasteiger partial charge < -0.3 is 5.32 Å². The van der Waals surface area contributed by atoms with Gasteiger partial charge in [0.25, 0.3) is 0 Å². The number of allylic oxidation sites excluding steroid dienone is 2. The Morgan fingerprint density at radius 2 is 1.34 bits per heavy atom. The number of aromatic nitrogens is 1. The van der Waals surface area contributed by atoms with Crippen molar-refractivity contribution in [3.05, 3.63) is 105 Å². The minimum absolute atomic E-state index is 0. The van der Waals surface area contributed by atoms with Gasteiger partial charge >= 0.3 is 17.1 Å². The quantitative estimate of drug-likeness (QED) is 0.276. The zero-order valence-electron chi connectivity index (χ0n) is 20.4. The summed E-state index contributed by atoms with van der Waals surface area (Å²) in [6.07, 6.45) is 3.86. The molecule has 0 saturated heterocycles.